The zero-order valence-corrected chi connectivity index (χ0v) is 21.9. The number of rotatable bonds is 8. The molecule has 222 valence electrons. The molecule has 1 aliphatic rings. The van der Waals surface area contributed by atoms with Crippen molar-refractivity contribution in [2.75, 3.05) is 0 Å². The lowest BCUT2D eigenvalue weighted by molar-refractivity contribution is -0.120. The molecular formula is C29H20F7N5O2. The molecule has 5 rings (SSSR count). The van der Waals surface area contributed by atoms with Crippen LogP contribution in [0.5, 0.6) is 0 Å². The fourth-order valence-electron chi connectivity index (χ4n) is 4.87. The molecule has 0 fully saturated rings. The Kier molecular flexibility index (Phi) is 7.78. The van der Waals surface area contributed by atoms with E-state index >= 15 is 0 Å². The summed E-state index contributed by atoms with van der Waals surface area (Å²) in [5.74, 6) is -8.01. The molecule has 7 nitrogen and oxygen atoms in total. The minimum absolute atomic E-state index is 0.00644. The second-order valence-electron chi connectivity index (χ2n) is 9.75. The number of amides is 2. The third-order valence-electron chi connectivity index (χ3n) is 6.63. The van der Waals surface area contributed by atoms with Gasteiger partial charge in [-0.25, -0.2) is 30.7 Å². The first-order valence-corrected chi connectivity index (χ1v) is 12.6. The van der Waals surface area contributed by atoms with Crippen LogP contribution in [0.15, 0.2) is 54.7 Å². The Hall–Kier alpha value is -5.01. The molecule has 0 saturated heterocycles. The molecule has 4 aromatic rings. The van der Waals surface area contributed by atoms with Gasteiger partial charge in [0.25, 0.3) is 18.3 Å². The lowest BCUT2D eigenvalue weighted by Crippen LogP contribution is -2.28. The first kappa shape index (κ1) is 29.5. The SMILES string of the molecule is NC(=O)c1cc(-c2cccnc2/C(=C/c2cc(F)cc(F)c2)NC(=O)Cn2nc(C(F)F)c3c2CC(F)(F)C3)ccc1F. The van der Waals surface area contributed by atoms with Crippen molar-refractivity contribution in [2.24, 2.45) is 5.73 Å². The highest BCUT2D eigenvalue weighted by molar-refractivity contribution is 5.97. The monoisotopic (exact) mass is 603 g/mol. The third-order valence-corrected chi connectivity index (χ3v) is 6.63. The number of hydrogen-bond donors (Lipinski definition) is 2. The molecule has 2 amide bonds. The molecule has 2 aromatic carbocycles. The topological polar surface area (TPSA) is 103 Å². The average Bonchev–Trinajstić information content (AvgIpc) is 3.41. The Morgan fingerprint density at radius 2 is 1.77 bits per heavy atom. The number of nitrogens with two attached hydrogens (primary N) is 1. The van der Waals surface area contributed by atoms with E-state index in [4.69, 9.17) is 5.73 Å². The molecule has 3 N–H and O–H groups in total. The molecule has 0 radical (unpaired) electrons. The number of hydrogen-bond acceptors (Lipinski definition) is 4. The Bertz CT molecular complexity index is 1760. The summed E-state index contributed by atoms with van der Waals surface area (Å²) in [7, 11) is 0. The van der Waals surface area contributed by atoms with E-state index in [1.807, 2.05) is 0 Å². The number of halogens is 7. The van der Waals surface area contributed by atoms with E-state index < -0.39 is 72.3 Å². The molecule has 0 aliphatic heterocycles. The highest BCUT2D eigenvalue weighted by Crippen LogP contribution is 2.39. The molecule has 0 saturated carbocycles. The largest absolute Gasteiger partial charge is 0.366 e. The molecule has 0 bridgehead atoms. The summed E-state index contributed by atoms with van der Waals surface area (Å²) < 4.78 is 98.1. The molecular weight excluding hydrogens is 583 g/mol. The van der Waals surface area contributed by atoms with Crippen molar-refractivity contribution in [3.05, 3.63) is 106 Å². The molecule has 2 heterocycles. The number of alkyl halides is 4. The predicted molar refractivity (Wildman–Crippen MR) is 140 cm³/mol. The Morgan fingerprint density at radius 3 is 2.44 bits per heavy atom. The second kappa shape index (κ2) is 11.3. The molecule has 0 unspecified atom stereocenters. The summed E-state index contributed by atoms with van der Waals surface area (Å²) in [6.45, 7) is -0.759. The van der Waals surface area contributed by atoms with E-state index in [1.165, 1.54) is 30.5 Å². The maximum absolute atomic E-state index is 14.2. The zero-order valence-electron chi connectivity index (χ0n) is 21.9. The minimum atomic E-state index is -3.29. The second-order valence-corrected chi connectivity index (χ2v) is 9.75. The maximum atomic E-state index is 14.2. The van der Waals surface area contributed by atoms with Crippen LogP contribution in [0.25, 0.3) is 22.9 Å². The highest BCUT2D eigenvalue weighted by atomic mass is 19.3. The first-order chi connectivity index (χ1) is 20.3. The Morgan fingerprint density at radius 1 is 1.05 bits per heavy atom. The van der Waals surface area contributed by atoms with Gasteiger partial charge < -0.3 is 11.1 Å². The van der Waals surface area contributed by atoms with E-state index in [-0.39, 0.29) is 39.3 Å². The molecule has 0 spiro atoms. The van der Waals surface area contributed by atoms with Crippen molar-refractivity contribution < 1.29 is 40.3 Å². The first-order valence-electron chi connectivity index (χ1n) is 12.6. The smallest absolute Gasteiger partial charge is 0.282 e. The zero-order chi connectivity index (χ0) is 31.1. The number of carbonyl (C=O) groups excluding carboxylic acids is 2. The number of benzene rings is 2. The lowest BCUT2D eigenvalue weighted by atomic mass is 9.98. The number of aromatic nitrogens is 3. The minimum Gasteiger partial charge on any atom is -0.366 e. The summed E-state index contributed by atoms with van der Waals surface area (Å²) in [6, 6.07) is 8.99. The summed E-state index contributed by atoms with van der Waals surface area (Å²) in [5.41, 5.74) is 3.70. The van der Waals surface area contributed by atoms with Gasteiger partial charge in [0, 0.05) is 35.5 Å². The van der Waals surface area contributed by atoms with Crippen LogP contribution in [0.3, 0.4) is 0 Å². The van der Waals surface area contributed by atoms with E-state index in [1.54, 1.807) is 0 Å². The van der Waals surface area contributed by atoms with Crippen molar-refractivity contribution in [1.82, 2.24) is 20.1 Å². The molecule has 0 atom stereocenters. The van der Waals surface area contributed by atoms with Gasteiger partial charge >= 0.3 is 0 Å². The fourth-order valence-corrected chi connectivity index (χ4v) is 4.87. The number of carbonyl (C=O) groups is 2. The third kappa shape index (κ3) is 6.27. The van der Waals surface area contributed by atoms with E-state index in [2.05, 4.69) is 15.4 Å². The van der Waals surface area contributed by atoms with Gasteiger partial charge in [-0.05, 0) is 47.5 Å². The quantitative estimate of drug-likeness (QED) is 0.262. The van der Waals surface area contributed by atoms with Gasteiger partial charge in [-0.3, -0.25) is 19.3 Å². The van der Waals surface area contributed by atoms with E-state index in [0.29, 0.717) is 6.07 Å². The van der Waals surface area contributed by atoms with Gasteiger partial charge in [0.1, 0.15) is 29.7 Å². The van der Waals surface area contributed by atoms with Gasteiger partial charge in [0.2, 0.25) is 5.91 Å². The number of pyridine rings is 1. The Labute approximate surface area is 238 Å². The van der Waals surface area contributed by atoms with Crippen LogP contribution >= 0.6 is 0 Å². The van der Waals surface area contributed by atoms with E-state index in [0.717, 1.165) is 28.9 Å². The summed E-state index contributed by atoms with van der Waals surface area (Å²) >= 11 is 0. The van der Waals surface area contributed by atoms with Gasteiger partial charge in [-0.15, -0.1) is 0 Å². The number of nitrogens with one attached hydrogen (secondary N) is 1. The highest BCUT2D eigenvalue weighted by Gasteiger charge is 2.43. The number of fused-ring (bicyclic) bond motifs is 1. The van der Waals surface area contributed by atoms with Crippen LogP contribution in [0.1, 0.15) is 45.0 Å². The van der Waals surface area contributed by atoms with E-state index in [9.17, 15) is 40.3 Å². The van der Waals surface area contributed by atoms with Crippen LogP contribution in [-0.4, -0.2) is 32.5 Å². The van der Waals surface area contributed by atoms with Crippen molar-refractivity contribution >= 4 is 23.6 Å². The molecule has 14 heteroatoms. The predicted octanol–water partition coefficient (Wildman–Crippen LogP) is 5.45. The number of primary amides is 1. The Balaban J connectivity index is 1.57. The van der Waals surface area contributed by atoms with Gasteiger partial charge in [0.15, 0.2) is 0 Å². The number of nitrogens with zero attached hydrogens (tertiary/aromatic N) is 3. The van der Waals surface area contributed by atoms with Gasteiger partial charge in [-0.2, -0.15) is 5.10 Å². The van der Waals surface area contributed by atoms with Crippen molar-refractivity contribution in [2.45, 2.75) is 31.7 Å². The lowest BCUT2D eigenvalue weighted by Gasteiger charge is -2.15. The molecule has 2 aromatic heterocycles. The van der Waals surface area contributed by atoms with Gasteiger partial charge in [0.05, 0.1) is 23.4 Å². The normalized spacial score (nSPS) is 14.2. The average molecular weight is 603 g/mol. The van der Waals surface area contributed by atoms with Gasteiger partial charge in [-0.1, -0.05) is 12.1 Å². The van der Waals surface area contributed by atoms with Crippen LogP contribution in [-0.2, 0) is 24.2 Å². The van der Waals surface area contributed by atoms with Crippen LogP contribution in [0.2, 0.25) is 0 Å². The summed E-state index contributed by atoms with van der Waals surface area (Å²) in [4.78, 5) is 29.2. The van der Waals surface area contributed by atoms with Crippen molar-refractivity contribution in [3.8, 4) is 11.1 Å². The van der Waals surface area contributed by atoms with Crippen molar-refractivity contribution in [3.63, 3.8) is 0 Å². The molecule has 43 heavy (non-hydrogen) atoms. The van der Waals surface area contributed by atoms with Crippen LogP contribution in [0, 0.1) is 17.5 Å². The van der Waals surface area contributed by atoms with Crippen LogP contribution < -0.4 is 11.1 Å². The maximum Gasteiger partial charge on any atom is 0.282 e. The van der Waals surface area contributed by atoms with Crippen LogP contribution in [0.4, 0.5) is 30.7 Å². The standard InChI is InChI=1S/C29H20F7N5O2/c30-16-6-14(7-17(31)10-16)8-22(25-18(2-1-5-38-25)15-3-4-21(32)19(9-15)28(37)43)39-24(42)13-41-23-12-29(35,36)11-20(23)26(40-41)27(33)34/h1-10,27H,11-13H2,(H2,37,43)(H,39,42)/b22-8-. The summed E-state index contributed by atoms with van der Waals surface area (Å²) in [6.07, 6.45) is -2.50. The van der Waals surface area contributed by atoms with Crippen molar-refractivity contribution in [1.29, 1.82) is 0 Å². The molecule has 1 aliphatic carbocycles. The summed E-state index contributed by atoms with van der Waals surface area (Å²) in [5, 5.41) is 6.17. The fraction of sp³-hybridized carbons (Fsp3) is 0.172.